The predicted molar refractivity (Wildman–Crippen MR) is 73.2 cm³/mol. The summed E-state index contributed by atoms with van der Waals surface area (Å²) in [6.45, 7) is 0.868. The van der Waals surface area contributed by atoms with Crippen LogP contribution in [-0.2, 0) is 6.54 Å². The lowest BCUT2D eigenvalue weighted by Crippen LogP contribution is -2.30. The van der Waals surface area contributed by atoms with E-state index in [4.69, 9.17) is 5.73 Å². The zero-order valence-corrected chi connectivity index (χ0v) is 11.4. The number of anilines is 1. The zero-order valence-electron chi connectivity index (χ0n) is 11.4. The van der Waals surface area contributed by atoms with E-state index in [1.807, 2.05) is 0 Å². The molecule has 5 heteroatoms. The van der Waals surface area contributed by atoms with Gasteiger partial charge in [0.2, 0.25) is 5.95 Å². The Kier molecular flexibility index (Phi) is 3.41. The summed E-state index contributed by atoms with van der Waals surface area (Å²) in [6, 6.07) is 0.625. The van der Waals surface area contributed by atoms with Crippen LogP contribution in [0.1, 0.15) is 31.2 Å². The molecule has 0 amide bonds. The van der Waals surface area contributed by atoms with Gasteiger partial charge in [-0.3, -0.25) is 4.90 Å². The summed E-state index contributed by atoms with van der Waals surface area (Å²) in [5.74, 6) is 1.78. The smallest absolute Gasteiger partial charge is 0.219 e. The maximum absolute atomic E-state index is 9.68. The zero-order chi connectivity index (χ0) is 13.4. The number of aliphatic hydroxyl groups is 1. The molecular formula is C14H22N4O. The quantitative estimate of drug-likeness (QED) is 0.851. The molecule has 19 heavy (non-hydrogen) atoms. The van der Waals surface area contributed by atoms with Gasteiger partial charge in [-0.15, -0.1) is 0 Å². The van der Waals surface area contributed by atoms with E-state index in [-0.39, 0.29) is 6.10 Å². The second kappa shape index (κ2) is 5.06. The van der Waals surface area contributed by atoms with E-state index in [0.717, 1.165) is 36.8 Å². The second-order valence-corrected chi connectivity index (χ2v) is 6.14. The molecule has 0 aliphatic heterocycles. The third-order valence-corrected chi connectivity index (χ3v) is 4.75. The van der Waals surface area contributed by atoms with Crippen LogP contribution in [0.25, 0.3) is 0 Å². The van der Waals surface area contributed by atoms with Gasteiger partial charge in [0.15, 0.2) is 0 Å². The topological polar surface area (TPSA) is 75.3 Å². The molecule has 3 N–H and O–H groups in total. The molecule has 1 heterocycles. The van der Waals surface area contributed by atoms with Gasteiger partial charge in [-0.1, -0.05) is 0 Å². The lowest BCUT2D eigenvalue weighted by molar-refractivity contribution is 0.158. The minimum Gasteiger partial charge on any atom is -0.393 e. The Morgan fingerprint density at radius 3 is 2.37 bits per heavy atom. The first-order chi connectivity index (χ1) is 9.11. The normalized spacial score (nSPS) is 33.8. The van der Waals surface area contributed by atoms with Gasteiger partial charge in [0.25, 0.3) is 0 Å². The van der Waals surface area contributed by atoms with E-state index in [9.17, 15) is 5.11 Å². The molecule has 2 saturated carbocycles. The standard InChI is InChI=1S/C14H22N4O/c1-18(8-9-6-16-14(15)17-7-9)12-2-10-4-13(19)5-11(10)3-12/h6-7,10-13,19H,2-5,8H2,1H3,(H2,15,16,17)/t10-,11+,12?,13?. The van der Waals surface area contributed by atoms with Crippen molar-refractivity contribution in [3.8, 4) is 0 Å². The van der Waals surface area contributed by atoms with E-state index >= 15 is 0 Å². The first-order valence-corrected chi connectivity index (χ1v) is 7.06. The molecule has 0 aromatic carbocycles. The van der Waals surface area contributed by atoms with Crippen molar-refractivity contribution in [2.75, 3.05) is 12.8 Å². The van der Waals surface area contributed by atoms with Crippen molar-refractivity contribution in [3.63, 3.8) is 0 Å². The Balaban J connectivity index is 1.57. The van der Waals surface area contributed by atoms with E-state index in [1.165, 1.54) is 12.8 Å². The molecule has 1 aromatic rings. The Morgan fingerprint density at radius 2 is 1.79 bits per heavy atom. The second-order valence-electron chi connectivity index (χ2n) is 6.14. The number of nitrogens with two attached hydrogens (primary N) is 1. The van der Waals surface area contributed by atoms with Gasteiger partial charge in [0, 0.05) is 30.5 Å². The summed E-state index contributed by atoms with van der Waals surface area (Å²) in [6.07, 6.45) is 7.99. The van der Waals surface area contributed by atoms with Crippen LogP contribution in [0.2, 0.25) is 0 Å². The van der Waals surface area contributed by atoms with Gasteiger partial charge < -0.3 is 10.8 Å². The minimum absolute atomic E-state index is 0.0493. The molecule has 2 fully saturated rings. The fraction of sp³-hybridized carbons (Fsp3) is 0.714. The Morgan fingerprint density at radius 1 is 1.21 bits per heavy atom. The summed E-state index contributed by atoms with van der Waals surface area (Å²) < 4.78 is 0. The maximum atomic E-state index is 9.68. The predicted octanol–water partition coefficient (Wildman–Crippen LogP) is 1.04. The molecular weight excluding hydrogens is 240 g/mol. The van der Waals surface area contributed by atoms with Gasteiger partial charge in [-0.2, -0.15) is 0 Å². The molecule has 2 aliphatic rings. The number of fused-ring (bicyclic) bond motifs is 1. The number of hydrogen-bond donors (Lipinski definition) is 2. The van der Waals surface area contributed by atoms with Crippen LogP contribution < -0.4 is 5.73 Å². The number of hydrogen-bond acceptors (Lipinski definition) is 5. The largest absolute Gasteiger partial charge is 0.393 e. The summed E-state index contributed by atoms with van der Waals surface area (Å²) in [5, 5.41) is 9.68. The average molecular weight is 262 g/mol. The SMILES string of the molecule is CN(Cc1cnc(N)nc1)C1C[C@H]2CC(O)C[C@H]2C1. The first kappa shape index (κ1) is 12.8. The monoisotopic (exact) mass is 262 g/mol. The van der Waals surface area contributed by atoms with Crippen molar-refractivity contribution >= 4 is 5.95 Å². The summed E-state index contributed by atoms with van der Waals surface area (Å²) in [4.78, 5) is 10.5. The van der Waals surface area contributed by atoms with Crippen LogP contribution in [-0.4, -0.2) is 39.2 Å². The Hall–Kier alpha value is -1.20. The van der Waals surface area contributed by atoms with Gasteiger partial charge in [0.1, 0.15) is 0 Å². The Labute approximate surface area is 113 Å². The third-order valence-electron chi connectivity index (χ3n) is 4.75. The lowest BCUT2D eigenvalue weighted by atomic mass is 10.0. The van der Waals surface area contributed by atoms with Crippen LogP contribution in [0.15, 0.2) is 12.4 Å². The molecule has 4 atom stereocenters. The molecule has 2 aliphatic carbocycles. The molecule has 2 unspecified atom stereocenters. The molecule has 5 nitrogen and oxygen atoms in total. The van der Waals surface area contributed by atoms with Crippen molar-refractivity contribution in [3.05, 3.63) is 18.0 Å². The number of aliphatic hydroxyl groups excluding tert-OH is 1. The van der Waals surface area contributed by atoms with Gasteiger partial charge >= 0.3 is 0 Å². The minimum atomic E-state index is -0.0493. The molecule has 104 valence electrons. The molecule has 3 rings (SSSR count). The van der Waals surface area contributed by atoms with Crippen molar-refractivity contribution in [2.45, 2.75) is 44.4 Å². The molecule has 1 aromatic heterocycles. The first-order valence-electron chi connectivity index (χ1n) is 7.06. The molecule has 0 bridgehead atoms. The van der Waals surface area contributed by atoms with Crippen molar-refractivity contribution in [1.82, 2.24) is 14.9 Å². The van der Waals surface area contributed by atoms with Crippen molar-refractivity contribution in [2.24, 2.45) is 11.8 Å². The average Bonchev–Trinajstić information content (AvgIpc) is 2.89. The Bertz CT molecular complexity index is 422. The highest BCUT2D eigenvalue weighted by molar-refractivity contribution is 5.17. The maximum Gasteiger partial charge on any atom is 0.219 e. The van der Waals surface area contributed by atoms with Crippen LogP contribution in [0.3, 0.4) is 0 Å². The number of nitrogen functional groups attached to an aromatic ring is 1. The van der Waals surface area contributed by atoms with Crippen LogP contribution in [0.4, 0.5) is 5.95 Å². The highest BCUT2D eigenvalue weighted by Crippen LogP contribution is 2.45. The highest BCUT2D eigenvalue weighted by atomic mass is 16.3. The van der Waals surface area contributed by atoms with E-state index < -0.39 is 0 Å². The summed E-state index contributed by atoms with van der Waals surface area (Å²) in [5.41, 5.74) is 6.60. The fourth-order valence-corrected chi connectivity index (χ4v) is 3.78. The summed E-state index contributed by atoms with van der Waals surface area (Å²) >= 11 is 0. The van der Waals surface area contributed by atoms with Gasteiger partial charge in [0.05, 0.1) is 6.10 Å². The van der Waals surface area contributed by atoms with Crippen LogP contribution in [0.5, 0.6) is 0 Å². The highest BCUT2D eigenvalue weighted by Gasteiger charge is 2.42. The molecule has 0 saturated heterocycles. The number of rotatable bonds is 3. The van der Waals surface area contributed by atoms with E-state index in [0.29, 0.717) is 12.0 Å². The molecule has 0 spiro atoms. The lowest BCUT2D eigenvalue weighted by Gasteiger charge is -2.25. The van der Waals surface area contributed by atoms with E-state index in [1.54, 1.807) is 12.4 Å². The van der Waals surface area contributed by atoms with Gasteiger partial charge in [-0.25, -0.2) is 9.97 Å². The van der Waals surface area contributed by atoms with Gasteiger partial charge in [-0.05, 0) is 44.6 Å². The van der Waals surface area contributed by atoms with Crippen LogP contribution in [0, 0.1) is 11.8 Å². The van der Waals surface area contributed by atoms with Crippen molar-refractivity contribution in [1.29, 1.82) is 0 Å². The third kappa shape index (κ3) is 2.72. The number of nitrogens with zero attached hydrogens (tertiary/aromatic N) is 3. The van der Waals surface area contributed by atoms with E-state index in [2.05, 4.69) is 21.9 Å². The number of aromatic nitrogens is 2. The summed E-state index contributed by atoms with van der Waals surface area (Å²) in [7, 11) is 2.17. The molecule has 0 radical (unpaired) electrons. The van der Waals surface area contributed by atoms with Crippen molar-refractivity contribution < 1.29 is 5.11 Å². The fourth-order valence-electron chi connectivity index (χ4n) is 3.78. The van der Waals surface area contributed by atoms with Crippen LogP contribution >= 0.6 is 0 Å².